The van der Waals surface area contributed by atoms with Crippen molar-refractivity contribution in [2.75, 3.05) is 6.61 Å². The number of Topliss-reactive ketones (excluding diaryl/α,β-unsaturated/α-hetero) is 1. The smallest absolute Gasteiger partial charge is 0.225 e. The summed E-state index contributed by atoms with van der Waals surface area (Å²) in [6, 6.07) is 8.58. The second-order valence-corrected chi connectivity index (χ2v) is 5.72. The molecule has 0 saturated carbocycles. The number of pyridine rings is 1. The quantitative estimate of drug-likeness (QED) is 0.875. The zero-order valence-electron chi connectivity index (χ0n) is 12.5. The molecule has 1 aliphatic heterocycles. The number of carbonyl (C=O) groups is 2. The van der Waals surface area contributed by atoms with E-state index in [1.165, 1.54) is 6.92 Å². The highest BCUT2D eigenvalue weighted by Gasteiger charge is 2.26. The molecule has 23 heavy (non-hydrogen) atoms. The molecule has 1 aliphatic rings. The van der Waals surface area contributed by atoms with Crippen molar-refractivity contribution < 1.29 is 14.3 Å². The van der Waals surface area contributed by atoms with Gasteiger partial charge in [-0.25, -0.2) is 4.98 Å². The molecule has 0 saturated heterocycles. The summed E-state index contributed by atoms with van der Waals surface area (Å²) in [7, 11) is 0. The predicted octanol–water partition coefficient (Wildman–Crippen LogP) is 2.73. The number of aromatic nitrogens is 1. The number of rotatable bonds is 4. The Bertz CT molecular complexity index is 776. The fraction of sp³-hybridized carbons (Fsp3) is 0.235. The summed E-state index contributed by atoms with van der Waals surface area (Å²) >= 11 is 6.21. The van der Waals surface area contributed by atoms with E-state index in [2.05, 4.69) is 10.3 Å². The Morgan fingerprint density at radius 1 is 1.35 bits per heavy atom. The molecule has 0 fully saturated rings. The SMILES string of the molecule is CC(=O)c1cccc(CC(=O)NC2COc3ncccc32)c1Cl. The maximum Gasteiger partial charge on any atom is 0.225 e. The largest absolute Gasteiger partial charge is 0.475 e. The van der Waals surface area contributed by atoms with Crippen LogP contribution in [0.25, 0.3) is 0 Å². The Morgan fingerprint density at radius 3 is 2.96 bits per heavy atom. The standard InChI is InChI=1S/C17H15ClN2O3/c1-10(21)12-5-2-4-11(16(12)18)8-15(22)20-14-9-23-17-13(14)6-3-7-19-17/h2-7,14H,8-9H2,1H3,(H,20,22). The molecule has 6 heteroatoms. The lowest BCUT2D eigenvalue weighted by Gasteiger charge is -2.12. The van der Waals surface area contributed by atoms with Crippen LogP contribution in [0.2, 0.25) is 5.02 Å². The van der Waals surface area contributed by atoms with E-state index in [-0.39, 0.29) is 24.2 Å². The summed E-state index contributed by atoms with van der Waals surface area (Å²) in [4.78, 5) is 27.9. The van der Waals surface area contributed by atoms with Gasteiger partial charge in [-0.1, -0.05) is 23.7 Å². The van der Waals surface area contributed by atoms with Gasteiger partial charge in [-0.15, -0.1) is 0 Å². The van der Waals surface area contributed by atoms with E-state index >= 15 is 0 Å². The van der Waals surface area contributed by atoms with Crippen LogP contribution in [-0.4, -0.2) is 23.3 Å². The van der Waals surface area contributed by atoms with Gasteiger partial charge in [-0.2, -0.15) is 0 Å². The summed E-state index contributed by atoms with van der Waals surface area (Å²) in [5, 5.41) is 3.25. The summed E-state index contributed by atoms with van der Waals surface area (Å²) in [6.07, 6.45) is 1.75. The van der Waals surface area contributed by atoms with Gasteiger partial charge in [0.2, 0.25) is 11.8 Å². The van der Waals surface area contributed by atoms with Gasteiger partial charge in [0.1, 0.15) is 6.61 Å². The molecule has 1 unspecified atom stereocenters. The molecule has 0 bridgehead atoms. The van der Waals surface area contributed by atoms with Crippen LogP contribution in [0.3, 0.4) is 0 Å². The lowest BCUT2D eigenvalue weighted by molar-refractivity contribution is -0.121. The minimum Gasteiger partial charge on any atom is -0.475 e. The number of benzene rings is 1. The molecule has 1 N–H and O–H groups in total. The highest BCUT2D eigenvalue weighted by Crippen LogP contribution is 2.29. The van der Waals surface area contributed by atoms with E-state index in [1.54, 1.807) is 30.5 Å². The average Bonchev–Trinajstić information content (AvgIpc) is 2.92. The van der Waals surface area contributed by atoms with Gasteiger partial charge < -0.3 is 10.1 Å². The van der Waals surface area contributed by atoms with Crippen molar-refractivity contribution in [3.63, 3.8) is 0 Å². The van der Waals surface area contributed by atoms with Gasteiger partial charge in [0, 0.05) is 17.3 Å². The molecule has 2 aromatic rings. The first kappa shape index (κ1) is 15.5. The van der Waals surface area contributed by atoms with Crippen LogP contribution >= 0.6 is 11.6 Å². The molecule has 1 atom stereocenters. The highest BCUT2D eigenvalue weighted by molar-refractivity contribution is 6.34. The van der Waals surface area contributed by atoms with Gasteiger partial charge in [0.05, 0.1) is 17.5 Å². The van der Waals surface area contributed by atoms with E-state index in [4.69, 9.17) is 16.3 Å². The number of nitrogens with one attached hydrogen (secondary N) is 1. The Hall–Kier alpha value is -2.40. The summed E-state index contributed by atoms with van der Waals surface area (Å²) in [5.41, 5.74) is 1.92. The van der Waals surface area contributed by atoms with Crippen LogP contribution in [0.15, 0.2) is 36.5 Å². The lowest BCUT2D eigenvalue weighted by Crippen LogP contribution is -2.30. The Balaban J connectivity index is 1.72. The van der Waals surface area contributed by atoms with Crippen LogP contribution in [0.5, 0.6) is 5.88 Å². The van der Waals surface area contributed by atoms with Crippen molar-refractivity contribution in [2.24, 2.45) is 0 Å². The van der Waals surface area contributed by atoms with E-state index < -0.39 is 0 Å². The van der Waals surface area contributed by atoms with E-state index in [0.29, 0.717) is 28.6 Å². The molecular weight excluding hydrogens is 316 g/mol. The van der Waals surface area contributed by atoms with Crippen molar-refractivity contribution in [1.29, 1.82) is 0 Å². The van der Waals surface area contributed by atoms with Gasteiger partial charge in [-0.05, 0) is 30.7 Å². The third-order valence-electron chi connectivity index (χ3n) is 3.71. The monoisotopic (exact) mass is 330 g/mol. The second-order valence-electron chi connectivity index (χ2n) is 5.34. The maximum atomic E-state index is 12.3. The third kappa shape index (κ3) is 3.19. The average molecular weight is 331 g/mol. The Kier molecular flexibility index (Phi) is 4.30. The number of halogens is 1. The van der Waals surface area contributed by atoms with Gasteiger partial charge >= 0.3 is 0 Å². The fourth-order valence-electron chi connectivity index (χ4n) is 2.57. The predicted molar refractivity (Wildman–Crippen MR) is 85.8 cm³/mol. The topological polar surface area (TPSA) is 68.3 Å². The Morgan fingerprint density at radius 2 is 2.17 bits per heavy atom. The minimum atomic E-state index is -0.221. The first-order valence-corrected chi connectivity index (χ1v) is 7.59. The van der Waals surface area contributed by atoms with Crippen LogP contribution < -0.4 is 10.1 Å². The summed E-state index contributed by atoms with van der Waals surface area (Å²) < 4.78 is 5.44. The second kappa shape index (κ2) is 6.38. The van der Waals surface area contributed by atoms with Crippen LogP contribution in [0.4, 0.5) is 0 Å². The van der Waals surface area contributed by atoms with E-state index in [1.807, 2.05) is 6.07 Å². The molecule has 1 amide bonds. The number of amides is 1. The normalized spacial score (nSPS) is 15.7. The van der Waals surface area contributed by atoms with Gasteiger partial charge in [0.15, 0.2) is 5.78 Å². The lowest BCUT2D eigenvalue weighted by atomic mass is 10.0. The third-order valence-corrected chi connectivity index (χ3v) is 4.15. The number of ketones is 1. The van der Waals surface area contributed by atoms with Crippen LogP contribution in [0.1, 0.15) is 34.5 Å². The van der Waals surface area contributed by atoms with Gasteiger partial charge in [0.25, 0.3) is 0 Å². The zero-order chi connectivity index (χ0) is 16.4. The van der Waals surface area contributed by atoms with E-state index in [0.717, 1.165) is 5.56 Å². The zero-order valence-corrected chi connectivity index (χ0v) is 13.3. The molecule has 1 aromatic heterocycles. The molecule has 2 heterocycles. The van der Waals surface area contributed by atoms with Crippen molar-refractivity contribution in [2.45, 2.75) is 19.4 Å². The van der Waals surface area contributed by atoms with E-state index in [9.17, 15) is 9.59 Å². The number of hydrogen-bond acceptors (Lipinski definition) is 4. The molecule has 1 aromatic carbocycles. The Labute approximate surface area is 138 Å². The molecule has 0 spiro atoms. The minimum absolute atomic E-state index is 0.103. The van der Waals surface area contributed by atoms with Crippen molar-refractivity contribution >= 4 is 23.3 Å². The van der Waals surface area contributed by atoms with Crippen LogP contribution in [0, 0.1) is 0 Å². The molecule has 5 nitrogen and oxygen atoms in total. The van der Waals surface area contributed by atoms with Crippen molar-refractivity contribution in [1.82, 2.24) is 10.3 Å². The maximum absolute atomic E-state index is 12.3. The van der Waals surface area contributed by atoms with Crippen molar-refractivity contribution in [3.05, 3.63) is 58.2 Å². The summed E-state index contributed by atoms with van der Waals surface area (Å²) in [5.74, 6) is 0.244. The molecule has 118 valence electrons. The number of fused-ring (bicyclic) bond motifs is 1. The number of ether oxygens (including phenoxy) is 1. The number of nitrogens with zero attached hydrogens (tertiary/aromatic N) is 1. The first-order valence-electron chi connectivity index (χ1n) is 7.21. The molecule has 0 aliphatic carbocycles. The van der Waals surface area contributed by atoms with Gasteiger partial charge in [-0.3, -0.25) is 9.59 Å². The number of carbonyl (C=O) groups excluding carboxylic acids is 2. The highest BCUT2D eigenvalue weighted by atomic mass is 35.5. The fourth-order valence-corrected chi connectivity index (χ4v) is 2.89. The first-order chi connectivity index (χ1) is 11.1. The van der Waals surface area contributed by atoms with Crippen molar-refractivity contribution in [3.8, 4) is 5.88 Å². The van der Waals surface area contributed by atoms with Crippen LogP contribution in [-0.2, 0) is 11.2 Å². The molecule has 0 radical (unpaired) electrons. The molecule has 3 rings (SSSR count). The summed E-state index contributed by atoms with van der Waals surface area (Å²) in [6.45, 7) is 1.81. The number of hydrogen-bond donors (Lipinski definition) is 1. The molecular formula is C17H15ClN2O3.